The van der Waals surface area contributed by atoms with Gasteiger partial charge in [0.1, 0.15) is 11.6 Å². The number of fused-ring (bicyclic) bond motifs is 4. The molecule has 9 rings (SSSR count). The molecule has 6 unspecified atom stereocenters. The van der Waals surface area contributed by atoms with Gasteiger partial charge in [-0.15, -0.1) is 0 Å². The van der Waals surface area contributed by atoms with E-state index in [0.29, 0.717) is 44.5 Å². The second-order valence-electron chi connectivity index (χ2n) is 15.7. The Hall–Kier alpha value is -6.37. The van der Waals surface area contributed by atoms with Gasteiger partial charge in [0, 0.05) is 35.7 Å². The van der Waals surface area contributed by atoms with Crippen LogP contribution in [0.5, 0.6) is 5.75 Å². The molecule has 5 aromatic carbocycles. The molecule has 4 amide bonds. The fourth-order valence-electron chi connectivity index (χ4n) is 9.61. The number of hydrazine groups is 1. The number of hydrogen-bond acceptors (Lipinski definition) is 9. The number of nitrogens with zero attached hydrogens (tertiary/aromatic N) is 5. The Bertz CT molecular complexity index is 2620. The van der Waals surface area contributed by atoms with Gasteiger partial charge in [0.2, 0.25) is 11.8 Å². The Morgan fingerprint density at radius 1 is 0.783 bits per heavy atom. The van der Waals surface area contributed by atoms with Gasteiger partial charge in [-0.3, -0.25) is 29.5 Å². The van der Waals surface area contributed by atoms with Crippen LogP contribution in [-0.4, -0.2) is 47.8 Å². The molecule has 6 atom stereocenters. The number of rotatable bonds is 8. The number of carbonyl (C=O) groups excluding carboxylic acids is 4. The minimum absolute atomic E-state index is 0.0513. The van der Waals surface area contributed by atoms with Crippen LogP contribution in [0.2, 0.25) is 10.0 Å². The number of phenolic OH excluding ortho intramolecular Hbond substituents is 1. The average Bonchev–Trinajstić information content (AvgIpc) is 3.62. The first-order chi connectivity index (χ1) is 28.9. The molecule has 0 spiro atoms. The Morgan fingerprint density at radius 2 is 1.43 bits per heavy atom. The van der Waals surface area contributed by atoms with Gasteiger partial charge in [0.05, 0.1) is 45.9 Å². The highest BCUT2D eigenvalue weighted by Gasteiger charge is 2.70. The molecule has 2 aliphatic carbocycles. The van der Waals surface area contributed by atoms with Crippen LogP contribution >= 0.6 is 23.2 Å². The van der Waals surface area contributed by atoms with Crippen LogP contribution in [0.15, 0.2) is 137 Å². The summed E-state index contributed by atoms with van der Waals surface area (Å²) >= 11 is 13.3. The SMILES string of the molecule is CN(C)c1ccc(N=Nc2ccc(N3C(=O)C4CC=C5C(CC6C(=O)N(Nc7ccc(F)cc7)C(=O)C6(c6ccc(Cl)cc6)C5c5ccc(O)cc5Cl)C4C3=O)cc2)cc1. The molecule has 2 aliphatic heterocycles. The zero-order chi connectivity index (χ0) is 42.0. The van der Waals surface area contributed by atoms with E-state index in [1.165, 1.54) is 41.3 Å². The van der Waals surface area contributed by atoms with Gasteiger partial charge in [-0.2, -0.15) is 15.2 Å². The van der Waals surface area contributed by atoms with Crippen LogP contribution in [-0.2, 0) is 24.6 Å². The van der Waals surface area contributed by atoms with E-state index in [1.54, 1.807) is 54.6 Å². The maximum absolute atomic E-state index is 15.3. The van der Waals surface area contributed by atoms with Crippen molar-refractivity contribution < 1.29 is 28.7 Å². The van der Waals surface area contributed by atoms with Crippen LogP contribution in [0.3, 0.4) is 0 Å². The monoisotopic (exact) mass is 842 g/mol. The summed E-state index contributed by atoms with van der Waals surface area (Å²) in [7, 11) is 3.90. The lowest BCUT2D eigenvalue weighted by Gasteiger charge is -2.50. The third kappa shape index (κ3) is 6.33. The zero-order valence-corrected chi connectivity index (χ0v) is 33.8. The number of benzene rings is 5. The molecule has 0 bridgehead atoms. The molecule has 3 fully saturated rings. The molecule has 11 nitrogen and oxygen atoms in total. The van der Waals surface area contributed by atoms with E-state index in [1.807, 2.05) is 49.3 Å². The number of phenols is 1. The molecule has 0 radical (unpaired) electrons. The highest BCUT2D eigenvalue weighted by Crippen LogP contribution is 2.65. The van der Waals surface area contributed by atoms with E-state index >= 15 is 4.79 Å². The van der Waals surface area contributed by atoms with Crippen molar-refractivity contribution in [2.45, 2.75) is 24.2 Å². The summed E-state index contributed by atoms with van der Waals surface area (Å²) in [5, 5.41) is 20.7. The number of halogens is 3. The minimum atomic E-state index is -1.62. The third-order valence-corrected chi connectivity index (χ3v) is 12.9. The maximum atomic E-state index is 15.3. The van der Waals surface area contributed by atoms with E-state index in [4.69, 9.17) is 23.2 Å². The van der Waals surface area contributed by atoms with Gasteiger partial charge in [-0.1, -0.05) is 53.1 Å². The first-order valence-electron chi connectivity index (χ1n) is 19.4. The third-order valence-electron chi connectivity index (χ3n) is 12.3. The van der Waals surface area contributed by atoms with Gasteiger partial charge in [0.15, 0.2) is 0 Å². The fourth-order valence-corrected chi connectivity index (χ4v) is 10.0. The van der Waals surface area contributed by atoms with Crippen LogP contribution in [0.25, 0.3) is 0 Å². The number of carbonyl (C=O) groups is 4. The molecule has 2 N–H and O–H groups in total. The number of allylic oxidation sites excluding steroid dienone is 2. The topological polar surface area (TPSA) is 135 Å². The summed E-state index contributed by atoms with van der Waals surface area (Å²) in [6.07, 6.45) is 2.17. The van der Waals surface area contributed by atoms with E-state index in [2.05, 4.69) is 15.7 Å². The molecule has 5 aromatic rings. The van der Waals surface area contributed by atoms with Gasteiger partial charge in [-0.05, 0) is 127 Å². The van der Waals surface area contributed by atoms with Crippen LogP contribution < -0.4 is 15.2 Å². The number of azo groups is 1. The van der Waals surface area contributed by atoms with E-state index in [0.717, 1.165) is 10.7 Å². The first kappa shape index (κ1) is 39.1. The molecule has 2 heterocycles. The molecule has 60 heavy (non-hydrogen) atoms. The average molecular weight is 844 g/mol. The lowest BCUT2D eigenvalue weighted by Crippen LogP contribution is -2.53. The molecule has 0 aromatic heterocycles. The van der Waals surface area contributed by atoms with Crippen molar-refractivity contribution in [3.8, 4) is 5.75 Å². The lowest BCUT2D eigenvalue weighted by atomic mass is 9.49. The summed E-state index contributed by atoms with van der Waals surface area (Å²) in [5.41, 5.74) is 5.86. The van der Waals surface area contributed by atoms with E-state index in [-0.39, 0.29) is 29.5 Å². The summed E-state index contributed by atoms with van der Waals surface area (Å²) < 4.78 is 13.9. The van der Waals surface area contributed by atoms with Crippen molar-refractivity contribution in [1.29, 1.82) is 0 Å². The Morgan fingerprint density at radius 3 is 2.07 bits per heavy atom. The minimum Gasteiger partial charge on any atom is -0.508 e. The highest BCUT2D eigenvalue weighted by atomic mass is 35.5. The Labute approximate surface area is 354 Å². The molecular weight excluding hydrogens is 806 g/mol. The van der Waals surface area contributed by atoms with Crippen LogP contribution in [0, 0.1) is 29.5 Å². The number of anilines is 3. The second kappa shape index (κ2) is 15.0. The molecule has 302 valence electrons. The normalized spacial score (nSPS) is 24.7. The van der Waals surface area contributed by atoms with Crippen molar-refractivity contribution in [3.05, 3.63) is 154 Å². The smallest absolute Gasteiger partial charge is 0.260 e. The standard InChI is InChI=1S/C46H37Cl2FN6O5/c1-53(2)31-15-11-28(12-16-31)50-51-29-13-17-32(18-14-29)54-42(57)36-22-21-34-37(40(36)44(54)59)24-38-43(58)55(52-30-9-7-27(49)8-10-30)45(60)46(38,25-3-5-26(47)6-4-25)41(34)35-20-19-33(56)23-39(35)48/h3-21,23,36-38,40-41,52,56H,22,24H2,1-2H3. The number of hydrogen-bond donors (Lipinski definition) is 2. The van der Waals surface area contributed by atoms with Crippen molar-refractivity contribution in [2.24, 2.45) is 33.9 Å². The summed E-state index contributed by atoms with van der Waals surface area (Å²) in [4.78, 5) is 62.4. The maximum Gasteiger partial charge on any atom is 0.260 e. The Kier molecular flexibility index (Phi) is 9.79. The molecule has 4 aliphatic rings. The second-order valence-corrected chi connectivity index (χ2v) is 16.6. The number of amides is 4. The van der Waals surface area contributed by atoms with Gasteiger partial charge in [-0.25, -0.2) is 4.39 Å². The summed E-state index contributed by atoms with van der Waals surface area (Å²) in [6.45, 7) is 0. The number of nitrogens with one attached hydrogen (secondary N) is 1. The van der Waals surface area contributed by atoms with E-state index in [9.17, 15) is 23.9 Å². The highest BCUT2D eigenvalue weighted by molar-refractivity contribution is 6.32. The van der Waals surface area contributed by atoms with Gasteiger partial charge >= 0.3 is 0 Å². The van der Waals surface area contributed by atoms with Crippen molar-refractivity contribution in [3.63, 3.8) is 0 Å². The quantitative estimate of drug-likeness (QED) is 0.0903. The number of aromatic hydroxyl groups is 1. The lowest BCUT2D eigenvalue weighted by molar-refractivity contribution is -0.138. The fraction of sp³-hybridized carbons (Fsp3) is 0.217. The molecule has 1 saturated carbocycles. The van der Waals surface area contributed by atoms with Gasteiger partial charge in [0.25, 0.3) is 11.8 Å². The van der Waals surface area contributed by atoms with Crippen molar-refractivity contribution in [2.75, 3.05) is 29.3 Å². The predicted molar refractivity (Wildman–Crippen MR) is 226 cm³/mol. The van der Waals surface area contributed by atoms with Crippen LogP contribution in [0.4, 0.5) is 32.8 Å². The van der Waals surface area contributed by atoms with Crippen molar-refractivity contribution >= 4 is 75.3 Å². The zero-order valence-electron chi connectivity index (χ0n) is 32.3. The summed E-state index contributed by atoms with van der Waals surface area (Å²) in [6, 6.07) is 30.8. The first-order valence-corrected chi connectivity index (χ1v) is 20.1. The largest absolute Gasteiger partial charge is 0.508 e. The van der Waals surface area contributed by atoms with Gasteiger partial charge < -0.3 is 10.0 Å². The van der Waals surface area contributed by atoms with Crippen LogP contribution in [0.1, 0.15) is 29.9 Å². The Balaban J connectivity index is 1.11. The molecule has 14 heteroatoms. The molecule has 2 saturated heterocycles. The summed E-state index contributed by atoms with van der Waals surface area (Å²) in [5.74, 6) is -6.73. The molecular formula is C46H37Cl2FN6O5. The number of imide groups is 2. The van der Waals surface area contributed by atoms with E-state index < -0.39 is 58.5 Å². The van der Waals surface area contributed by atoms with Crippen molar-refractivity contribution in [1.82, 2.24) is 5.01 Å². The predicted octanol–water partition coefficient (Wildman–Crippen LogP) is 9.51.